The maximum absolute atomic E-state index is 11.6. The third-order valence-electron chi connectivity index (χ3n) is 3.80. The molecule has 24 heavy (non-hydrogen) atoms. The summed E-state index contributed by atoms with van der Waals surface area (Å²) in [7, 11) is 0. The standard InChI is InChI=1S/C18H19N3O3/c1-12(22)20-14-6-4-5-13(9-14)10-21-11-17(18(19)23)24-16-8-3-2-7-15(16)21/h2-9,17H,10-11H2,1H3,(H2,19,23)(H,20,22). The van der Waals surface area contributed by atoms with Gasteiger partial charge in [0.2, 0.25) is 5.91 Å². The molecule has 0 saturated heterocycles. The van der Waals surface area contributed by atoms with E-state index < -0.39 is 12.0 Å². The second-order valence-electron chi connectivity index (χ2n) is 5.74. The monoisotopic (exact) mass is 325 g/mol. The summed E-state index contributed by atoms with van der Waals surface area (Å²) in [5.41, 5.74) is 8.10. The molecule has 0 saturated carbocycles. The number of nitrogens with two attached hydrogens (primary N) is 1. The predicted octanol–water partition coefficient (Wildman–Crippen LogP) is 1.90. The highest BCUT2D eigenvalue weighted by Gasteiger charge is 2.29. The van der Waals surface area contributed by atoms with Crippen LogP contribution in [-0.2, 0) is 16.1 Å². The second kappa shape index (κ2) is 6.62. The lowest BCUT2D eigenvalue weighted by atomic mass is 10.1. The van der Waals surface area contributed by atoms with Crippen molar-refractivity contribution in [1.82, 2.24) is 0 Å². The highest BCUT2D eigenvalue weighted by atomic mass is 16.5. The molecule has 0 spiro atoms. The molecule has 0 aromatic heterocycles. The molecular weight excluding hydrogens is 306 g/mol. The average molecular weight is 325 g/mol. The Labute approximate surface area is 140 Å². The van der Waals surface area contributed by atoms with Crippen molar-refractivity contribution in [2.75, 3.05) is 16.8 Å². The number of hydrogen-bond donors (Lipinski definition) is 2. The number of carbonyl (C=O) groups is 2. The zero-order valence-electron chi connectivity index (χ0n) is 13.4. The highest BCUT2D eigenvalue weighted by Crippen LogP contribution is 2.34. The molecule has 1 heterocycles. The Morgan fingerprint density at radius 3 is 2.79 bits per heavy atom. The molecule has 1 atom stereocenters. The zero-order chi connectivity index (χ0) is 17.1. The van der Waals surface area contributed by atoms with Crippen molar-refractivity contribution >= 4 is 23.2 Å². The second-order valence-corrected chi connectivity index (χ2v) is 5.74. The van der Waals surface area contributed by atoms with Crippen LogP contribution in [0.4, 0.5) is 11.4 Å². The first-order valence-electron chi connectivity index (χ1n) is 7.69. The van der Waals surface area contributed by atoms with Gasteiger partial charge >= 0.3 is 0 Å². The summed E-state index contributed by atoms with van der Waals surface area (Å²) in [5, 5.41) is 2.77. The van der Waals surface area contributed by atoms with Gasteiger partial charge in [0.25, 0.3) is 5.91 Å². The molecule has 2 aromatic carbocycles. The quantitative estimate of drug-likeness (QED) is 0.899. The fourth-order valence-corrected chi connectivity index (χ4v) is 2.78. The normalized spacial score (nSPS) is 16.0. The van der Waals surface area contributed by atoms with Crippen molar-refractivity contribution in [3.8, 4) is 5.75 Å². The summed E-state index contributed by atoms with van der Waals surface area (Å²) in [5.74, 6) is 0.0460. The molecule has 0 radical (unpaired) electrons. The van der Waals surface area contributed by atoms with Crippen LogP contribution in [-0.4, -0.2) is 24.5 Å². The number of para-hydroxylation sites is 2. The van der Waals surface area contributed by atoms with Gasteiger partial charge in [-0.1, -0.05) is 24.3 Å². The molecule has 124 valence electrons. The summed E-state index contributed by atoms with van der Waals surface area (Å²) in [6, 6.07) is 15.2. The Bertz CT molecular complexity index is 776. The van der Waals surface area contributed by atoms with E-state index in [0.29, 0.717) is 18.8 Å². The van der Waals surface area contributed by atoms with E-state index in [-0.39, 0.29) is 5.91 Å². The van der Waals surface area contributed by atoms with Crippen LogP contribution in [0.2, 0.25) is 0 Å². The molecule has 3 N–H and O–H groups in total. The number of nitrogens with zero attached hydrogens (tertiary/aromatic N) is 1. The molecule has 2 amide bonds. The van der Waals surface area contributed by atoms with Gasteiger partial charge in [-0.3, -0.25) is 9.59 Å². The van der Waals surface area contributed by atoms with E-state index in [2.05, 4.69) is 10.2 Å². The van der Waals surface area contributed by atoms with E-state index in [1.165, 1.54) is 6.92 Å². The molecule has 0 fully saturated rings. The van der Waals surface area contributed by atoms with Crippen LogP contribution in [0.3, 0.4) is 0 Å². The summed E-state index contributed by atoms with van der Waals surface area (Å²) in [6.07, 6.45) is -0.682. The predicted molar refractivity (Wildman–Crippen MR) is 91.8 cm³/mol. The summed E-state index contributed by atoms with van der Waals surface area (Å²) < 4.78 is 5.66. The van der Waals surface area contributed by atoms with Crippen molar-refractivity contribution in [2.24, 2.45) is 5.73 Å². The van der Waals surface area contributed by atoms with Crippen molar-refractivity contribution in [3.05, 3.63) is 54.1 Å². The smallest absolute Gasteiger partial charge is 0.260 e. The van der Waals surface area contributed by atoms with E-state index in [1.807, 2.05) is 48.5 Å². The van der Waals surface area contributed by atoms with Crippen molar-refractivity contribution < 1.29 is 14.3 Å². The lowest BCUT2D eigenvalue weighted by Crippen LogP contribution is -2.46. The fourth-order valence-electron chi connectivity index (χ4n) is 2.78. The first-order chi connectivity index (χ1) is 11.5. The number of benzene rings is 2. The number of hydrogen-bond acceptors (Lipinski definition) is 4. The Kier molecular flexibility index (Phi) is 4.37. The summed E-state index contributed by atoms with van der Waals surface area (Å²) in [4.78, 5) is 24.8. The van der Waals surface area contributed by atoms with Crippen molar-refractivity contribution in [3.63, 3.8) is 0 Å². The van der Waals surface area contributed by atoms with Crippen LogP contribution >= 0.6 is 0 Å². The Morgan fingerprint density at radius 2 is 2.04 bits per heavy atom. The Morgan fingerprint density at radius 1 is 1.25 bits per heavy atom. The Balaban J connectivity index is 1.86. The molecule has 0 aliphatic carbocycles. The number of amides is 2. The maximum atomic E-state index is 11.6. The summed E-state index contributed by atoms with van der Waals surface area (Å²) in [6.45, 7) is 2.44. The first kappa shape index (κ1) is 15.9. The van der Waals surface area contributed by atoms with Gasteiger partial charge in [0.1, 0.15) is 5.75 Å². The van der Waals surface area contributed by atoms with Crippen LogP contribution in [0.25, 0.3) is 0 Å². The largest absolute Gasteiger partial charge is 0.477 e. The average Bonchev–Trinajstić information content (AvgIpc) is 2.54. The van der Waals surface area contributed by atoms with Crippen molar-refractivity contribution in [2.45, 2.75) is 19.6 Å². The number of nitrogens with one attached hydrogen (secondary N) is 1. The minimum atomic E-state index is -0.682. The van der Waals surface area contributed by atoms with E-state index in [4.69, 9.17) is 10.5 Å². The minimum absolute atomic E-state index is 0.113. The van der Waals surface area contributed by atoms with Gasteiger partial charge < -0.3 is 20.7 Å². The molecule has 6 nitrogen and oxygen atoms in total. The molecule has 6 heteroatoms. The number of primary amides is 1. The minimum Gasteiger partial charge on any atom is -0.477 e. The van der Waals surface area contributed by atoms with Crippen molar-refractivity contribution in [1.29, 1.82) is 0 Å². The molecule has 0 bridgehead atoms. The third-order valence-corrected chi connectivity index (χ3v) is 3.80. The van der Waals surface area contributed by atoms with Gasteiger partial charge in [0.15, 0.2) is 6.10 Å². The van der Waals surface area contributed by atoms with Crippen LogP contribution < -0.4 is 20.7 Å². The maximum Gasteiger partial charge on any atom is 0.260 e. The third kappa shape index (κ3) is 3.48. The SMILES string of the molecule is CC(=O)Nc1cccc(CN2CC(C(N)=O)Oc3ccccc32)c1. The van der Waals surface area contributed by atoms with Gasteiger partial charge in [0.05, 0.1) is 12.2 Å². The number of ether oxygens (including phenoxy) is 1. The lowest BCUT2D eigenvalue weighted by molar-refractivity contribution is -0.124. The van der Waals surface area contributed by atoms with Gasteiger partial charge in [-0.05, 0) is 29.8 Å². The number of rotatable bonds is 4. The number of fused-ring (bicyclic) bond motifs is 1. The van der Waals surface area contributed by atoms with Gasteiger partial charge in [-0.25, -0.2) is 0 Å². The van der Waals surface area contributed by atoms with E-state index in [0.717, 1.165) is 16.9 Å². The molecule has 1 aliphatic rings. The van der Waals surface area contributed by atoms with Crippen LogP contribution in [0.5, 0.6) is 5.75 Å². The summed E-state index contributed by atoms with van der Waals surface area (Å²) >= 11 is 0. The fraction of sp³-hybridized carbons (Fsp3) is 0.222. The molecule has 2 aromatic rings. The topological polar surface area (TPSA) is 84.7 Å². The van der Waals surface area contributed by atoms with Crippen LogP contribution in [0.1, 0.15) is 12.5 Å². The Hall–Kier alpha value is -3.02. The van der Waals surface area contributed by atoms with E-state index in [1.54, 1.807) is 0 Å². The molecule has 1 aliphatic heterocycles. The van der Waals surface area contributed by atoms with Gasteiger partial charge in [-0.2, -0.15) is 0 Å². The molecule has 1 unspecified atom stereocenters. The van der Waals surface area contributed by atoms with Gasteiger partial charge in [0, 0.05) is 19.2 Å². The number of anilines is 2. The van der Waals surface area contributed by atoms with Crippen LogP contribution in [0.15, 0.2) is 48.5 Å². The molecular formula is C18H19N3O3. The number of carbonyl (C=O) groups excluding carboxylic acids is 2. The lowest BCUT2D eigenvalue weighted by Gasteiger charge is -2.35. The first-order valence-corrected chi connectivity index (χ1v) is 7.69. The molecule has 3 rings (SSSR count). The van der Waals surface area contributed by atoms with E-state index >= 15 is 0 Å². The van der Waals surface area contributed by atoms with Crippen LogP contribution in [0, 0.1) is 0 Å². The zero-order valence-corrected chi connectivity index (χ0v) is 13.4. The highest BCUT2D eigenvalue weighted by molar-refractivity contribution is 5.88. The van der Waals surface area contributed by atoms with Gasteiger partial charge in [-0.15, -0.1) is 0 Å². The van der Waals surface area contributed by atoms with E-state index in [9.17, 15) is 9.59 Å².